The average Bonchev–Trinajstić information content (AvgIpc) is 2.54. The van der Waals surface area contributed by atoms with Crippen LogP contribution >= 0.6 is 0 Å². The lowest BCUT2D eigenvalue weighted by atomic mass is 9.81. The summed E-state index contributed by atoms with van der Waals surface area (Å²) in [6, 6.07) is 6.03. The predicted octanol–water partition coefficient (Wildman–Crippen LogP) is 4.63. The largest absolute Gasteiger partial charge is 0.508 e. The van der Waals surface area contributed by atoms with Crippen LogP contribution in [0.4, 0.5) is 0 Å². The highest BCUT2D eigenvalue weighted by Gasteiger charge is 2.33. The number of carbonyl (C=O) groups is 1. The van der Waals surface area contributed by atoms with Crippen LogP contribution in [0, 0.1) is 11.8 Å². The molecular weight excluding hydrogens is 328 g/mol. The summed E-state index contributed by atoms with van der Waals surface area (Å²) in [4.78, 5) is 12.6. The summed E-state index contributed by atoms with van der Waals surface area (Å²) >= 11 is 0. The van der Waals surface area contributed by atoms with E-state index in [-0.39, 0.29) is 17.6 Å². The van der Waals surface area contributed by atoms with Gasteiger partial charge >= 0.3 is 5.97 Å². The second-order valence-electron chi connectivity index (χ2n) is 7.61. The Morgan fingerprint density at radius 3 is 2.42 bits per heavy atom. The van der Waals surface area contributed by atoms with Gasteiger partial charge in [0.2, 0.25) is 0 Å². The fraction of sp³-hybridized carbons (Fsp3) is 0.500. The summed E-state index contributed by atoms with van der Waals surface area (Å²) in [5, 5.41) is 20.2. The Bertz CT molecular complexity index is 670. The molecule has 3 atom stereocenters. The number of hydrogen-bond donors (Lipinski definition) is 2. The molecule has 0 heterocycles. The van der Waals surface area contributed by atoms with Gasteiger partial charge in [0.1, 0.15) is 11.9 Å². The number of aliphatic hydroxyl groups is 1. The molecule has 0 fully saturated rings. The van der Waals surface area contributed by atoms with Crippen molar-refractivity contribution >= 4 is 5.97 Å². The number of aromatic hydroxyl groups is 1. The molecule has 0 saturated heterocycles. The number of allylic oxidation sites excluding steroid dienone is 2. The fourth-order valence-electron chi connectivity index (χ4n) is 3.54. The van der Waals surface area contributed by atoms with Crippen molar-refractivity contribution in [3.63, 3.8) is 0 Å². The van der Waals surface area contributed by atoms with Crippen LogP contribution in [0.2, 0.25) is 0 Å². The molecule has 0 amide bonds. The predicted molar refractivity (Wildman–Crippen MR) is 103 cm³/mol. The second-order valence-corrected chi connectivity index (χ2v) is 7.61. The van der Waals surface area contributed by atoms with E-state index in [1.54, 1.807) is 12.1 Å². The highest BCUT2D eigenvalue weighted by atomic mass is 16.5. The zero-order chi connectivity index (χ0) is 19.3. The number of ether oxygens (including phenoxy) is 1. The zero-order valence-electron chi connectivity index (χ0n) is 16.1. The lowest BCUT2D eigenvalue weighted by Crippen LogP contribution is -2.38. The van der Waals surface area contributed by atoms with Gasteiger partial charge in [-0.2, -0.15) is 0 Å². The molecule has 0 unspecified atom stereocenters. The van der Waals surface area contributed by atoms with E-state index in [9.17, 15) is 15.0 Å². The lowest BCUT2D eigenvalue weighted by Gasteiger charge is -2.33. The quantitative estimate of drug-likeness (QED) is 0.611. The molecule has 0 aromatic heterocycles. The van der Waals surface area contributed by atoms with E-state index in [0.29, 0.717) is 12.0 Å². The van der Waals surface area contributed by atoms with E-state index < -0.39 is 18.2 Å². The first-order valence-electron chi connectivity index (χ1n) is 9.29. The Kier molecular flexibility index (Phi) is 7.04. The van der Waals surface area contributed by atoms with Crippen molar-refractivity contribution in [3.05, 3.63) is 53.1 Å². The van der Waals surface area contributed by atoms with Gasteiger partial charge in [0, 0.05) is 12.3 Å². The number of aliphatic hydroxyl groups excluding tert-OH is 1. The van der Waals surface area contributed by atoms with Crippen molar-refractivity contribution in [2.24, 2.45) is 11.8 Å². The van der Waals surface area contributed by atoms with Crippen molar-refractivity contribution in [3.8, 4) is 5.75 Å². The molecule has 0 bridgehead atoms. The molecular formula is C22H30O4. The summed E-state index contributed by atoms with van der Waals surface area (Å²) in [5.74, 6) is -0.361. The molecule has 1 aliphatic rings. The van der Waals surface area contributed by atoms with Crippen molar-refractivity contribution in [2.75, 3.05) is 0 Å². The maximum absolute atomic E-state index is 12.6. The van der Waals surface area contributed by atoms with Crippen LogP contribution in [0.3, 0.4) is 0 Å². The highest BCUT2D eigenvalue weighted by Crippen LogP contribution is 2.30. The molecule has 1 aromatic carbocycles. The normalized spacial score (nSPS) is 26.6. The Hall–Kier alpha value is -2.07. The van der Waals surface area contributed by atoms with Crippen molar-refractivity contribution in [2.45, 2.75) is 59.2 Å². The minimum absolute atomic E-state index is 0.107. The third-order valence-corrected chi connectivity index (χ3v) is 4.96. The topological polar surface area (TPSA) is 66.8 Å². The Morgan fingerprint density at radius 2 is 1.81 bits per heavy atom. The minimum atomic E-state index is -0.654. The van der Waals surface area contributed by atoms with E-state index in [0.717, 1.165) is 18.4 Å². The molecule has 26 heavy (non-hydrogen) atoms. The Morgan fingerprint density at radius 1 is 1.15 bits per heavy atom. The van der Waals surface area contributed by atoms with Crippen LogP contribution in [0.25, 0.3) is 0 Å². The SMILES string of the molecule is CC1=C[C@H](O)[C@H](C(C)C)[C@@H](OC(=O)c2ccc(O)cc2)C/C(C)=C\CC1. The van der Waals surface area contributed by atoms with E-state index in [4.69, 9.17) is 4.74 Å². The van der Waals surface area contributed by atoms with Gasteiger partial charge in [0.05, 0.1) is 11.7 Å². The molecule has 2 N–H and O–H groups in total. The first kappa shape index (κ1) is 20.2. The van der Waals surface area contributed by atoms with E-state index in [1.807, 2.05) is 33.8 Å². The van der Waals surface area contributed by atoms with Gasteiger partial charge in [-0.3, -0.25) is 0 Å². The molecule has 0 radical (unpaired) electrons. The summed E-state index contributed by atoms with van der Waals surface area (Å²) < 4.78 is 5.85. The molecule has 142 valence electrons. The number of esters is 1. The van der Waals surface area contributed by atoms with Crippen LogP contribution in [-0.4, -0.2) is 28.4 Å². The number of carbonyl (C=O) groups excluding carboxylic acids is 1. The van der Waals surface area contributed by atoms with Gasteiger partial charge in [0.25, 0.3) is 0 Å². The van der Waals surface area contributed by atoms with Gasteiger partial charge in [-0.1, -0.05) is 37.1 Å². The van der Waals surface area contributed by atoms with Crippen molar-refractivity contribution in [1.29, 1.82) is 0 Å². The Labute approximate surface area is 156 Å². The fourth-order valence-corrected chi connectivity index (χ4v) is 3.54. The van der Waals surface area contributed by atoms with E-state index >= 15 is 0 Å². The number of benzene rings is 1. The van der Waals surface area contributed by atoms with Crippen LogP contribution in [0.1, 0.15) is 57.3 Å². The molecule has 4 nitrogen and oxygen atoms in total. The van der Waals surface area contributed by atoms with Crippen LogP contribution in [0.5, 0.6) is 5.75 Å². The van der Waals surface area contributed by atoms with Crippen molar-refractivity contribution < 1.29 is 19.7 Å². The van der Waals surface area contributed by atoms with Crippen LogP contribution in [0.15, 0.2) is 47.6 Å². The molecule has 0 saturated carbocycles. The van der Waals surface area contributed by atoms with Crippen molar-refractivity contribution in [1.82, 2.24) is 0 Å². The number of phenols is 1. The first-order chi connectivity index (χ1) is 12.3. The smallest absolute Gasteiger partial charge is 0.338 e. The Balaban J connectivity index is 2.30. The van der Waals surface area contributed by atoms with E-state index in [2.05, 4.69) is 6.08 Å². The van der Waals surface area contributed by atoms with Gasteiger partial charge in [-0.25, -0.2) is 4.79 Å². The monoisotopic (exact) mass is 358 g/mol. The van der Waals surface area contributed by atoms with Gasteiger partial charge in [-0.05, 0) is 56.9 Å². The molecule has 1 aliphatic carbocycles. The second kappa shape index (κ2) is 9.04. The number of hydrogen-bond acceptors (Lipinski definition) is 4. The number of phenolic OH excluding ortho intramolecular Hbond substituents is 1. The van der Waals surface area contributed by atoms with Gasteiger partial charge in [0.15, 0.2) is 0 Å². The summed E-state index contributed by atoms with van der Waals surface area (Å²) in [5.41, 5.74) is 2.71. The van der Waals surface area contributed by atoms with Gasteiger partial charge in [-0.15, -0.1) is 0 Å². The standard InChI is InChI=1S/C22H30O4/c1-14(2)21-19(24)12-15(3)6-5-7-16(4)13-20(21)26-22(25)17-8-10-18(23)11-9-17/h7-12,14,19-21,23-24H,5-6,13H2,1-4H3/b15-12?,16-7-/t19-,20-,21-/m0/s1. The lowest BCUT2D eigenvalue weighted by molar-refractivity contribution is -0.0216. The summed E-state index contributed by atoms with van der Waals surface area (Å²) in [7, 11) is 0. The third kappa shape index (κ3) is 5.46. The maximum atomic E-state index is 12.6. The zero-order valence-corrected chi connectivity index (χ0v) is 16.1. The molecule has 2 rings (SSSR count). The third-order valence-electron chi connectivity index (χ3n) is 4.96. The average molecular weight is 358 g/mol. The molecule has 0 spiro atoms. The minimum Gasteiger partial charge on any atom is -0.508 e. The molecule has 0 aliphatic heterocycles. The first-order valence-corrected chi connectivity index (χ1v) is 9.29. The number of rotatable bonds is 3. The van der Waals surface area contributed by atoms with Gasteiger partial charge < -0.3 is 14.9 Å². The highest BCUT2D eigenvalue weighted by molar-refractivity contribution is 5.89. The van der Waals surface area contributed by atoms with Crippen LogP contribution < -0.4 is 0 Å². The van der Waals surface area contributed by atoms with E-state index in [1.165, 1.54) is 17.7 Å². The van der Waals surface area contributed by atoms with Crippen LogP contribution in [-0.2, 0) is 4.74 Å². The summed E-state index contributed by atoms with van der Waals surface area (Å²) in [6.45, 7) is 8.17. The maximum Gasteiger partial charge on any atom is 0.338 e. The summed E-state index contributed by atoms with van der Waals surface area (Å²) in [6.07, 6.45) is 5.48. The molecule has 4 heteroatoms. The molecule has 1 aromatic rings.